The highest BCUT2D eigenvalue weighted by molar-refractivity contribution is 6.03. The van der Waals surface area contributed by atoms with Gasteiger partial charge in [-0.1, -0.05) is 43.0 Å². The Bertz CT molecular complexity index is 1740. The molecule has 0 saturated carbocycles. The van der Waals surface area contributed by atoms with Gasteiger partial charge in [-0.2, -0.15) is 15.2 Å². The number of aromatic nitrogens is 3. The fourth-order valence-corrected chi connectivity index (χ4v) is 6.05. The first kappa shape index (κ1) is 27.5. The average Bonchev–Trinajstić information content (AvgIpc) is 3.42. The lowest BCUT2D eigenvalue weighted by atomic mass is 9.95. The van der Waals surface area contributed by atoms with Crippen LogP contribution in [0.15, 0.2) is 55.0 Å². The van der Waals surface area contributed by atoms with Crippen LogP contribution in [-0.2, 0) is 4.79 Å². The predicted octanol–water partition coefficient (Wildman–Crippen LogP) is 4.63. The van der Waals surface area contributed by atoms with Gasteiger partial charge in [0.1, 0.15) is 29.6 Å². The van der Waals surface area contributed by atoms with Crippen molar-refractivity contribution >= 4 is 33.4 Å². The van der Waals surface area contributed by atoms with E-state index in [9.17, 15) is 14.4 Å². The molecule has 2 saturated heterocycles. The van der Waals surface area contributed by atoms with Crippen molar-refractivity contribution < 1.29 is 13.9 Å². The summed E-state index contributed by atoms with van der Waals surface area (Å²) in [7, 11) is 2.08. The Morgan fingerprint density at radius 3 is 2.60 bits per heavy atom. The second-order valence-corrected chi connectivity index (χ2v) is 10.9. The summed E-state index contributed by atoms with van der Waals surface area (Å²) >= 11 is 0. The van der Waals surface area contributed by atoms with E-state index in [1.807, 2.05) is 48.2 Å². The van der Waals surface area contributed by atoms with Gasteiger partial charge in [0.05, 0.1) is 11.1 Å². The van der Waals surface area contributed by atoms with Crippen molar-refractivity contribution in [3.05, 3.63) is 66.1 Å². The van der Waals surface area contributed by atoms with E-state index in [-0.39, 0.29) is 12.1 Å². The first-order valence-electron chi connectivity index (χ1n) is 14.2. The lowest BCUT2D eigenvalue weighted by molar-refractivity contribution is -0.128. The Morgan fingerprint density at radius 2 is 1.90 bits per heavy atom. The molecule has 42 heavy (non-hydrogen) atoms. The number of halogens is 1. The van der Waals surface area contributed by atoms with E-state index in [0.717, 1.165) is 41.3 Å². The number of benzene rings is 2. The van der Waals surface area contributed by atoms with E-state index >= 15 is 0 Å². The Kier molecular flexibility index (Phi) is 7.43. The minimum absolute atomic E-state index is 0.191. The van der Waals surface area contributed by atoms with Crippen LogP contribution >= 0.6 is 0 Å². The van der Waals surface area contributed by atoms with Crippen molar-refractivity contribution in [2.24, 2.45) is 0 Å². The number of piperazine rings is 1. The van der Waals surface area contributed by atoms with Gasteiger partial charge in [0.2, 0.25) is 0 Å². The smallest absolute Gasteiger partial charge is 0.319 e. The van der Waals surface area contributed by atoms with Gasteiger partial charge in [-0.15, -0.1) is 0 Å². The Hall–Kier alpha value is -4.62. The van der Waals surface area contributed by atoms with E-state index in [0.29, 0.717) is 60.8 Å². The van der Waals surface area contributed by atoms with Gasteiger partial charge in [0.15, 0.2) is 5.83 Å². The zero-order chi connectivity index (χ0) is 29.4. The maximum Gasteiger partial charge on any atom is 0.319 e. The zero-order valence-electron chi connectivity index (χ0n) is 23.8. The maximum atomic E-state index is 13.5. The number of likely N-dealkylation sites (tertiary alicyclic amines) is 1. The molecule has 0 N–H and O–H groups in total. The second-order valence-electron chi connectivity index (χ2n) is 10.9. The predicted molar refractivity (Wildman–Crippen MR) is 160 cm³/mol. The summed E-state index contributed by atoms with van der Waals surface area (Å²) < 4.78 is 19.7. The number of carbonyl (C=O) groups excluding carboxylic acids is 1. The molecule has 1 atom stereocenters. The normalized spacial score (nSPS) is 17.5. The first-order chi connectivity index (χ1) is 20.4. The highest BCUT2D eigenvalue weighted by atomic mass is 19.1. The number of nitrogens with zero attached hydrogens (tertiary/aromatic N) is 7. The Labute approximate surface area is 243 Å². The molecule has 4 heterocycles. The molecule has 2 fully saturated rings. The molecule has 214 valence electrons. The number of pyridine rings is 1. The standard InChI is InChI=1S/C32H32FN7O2/c1-20-7-4-8-22-9-5-11-24(27(20)22)28-25(17-34)29-26(18-35-28)30(39-13-15-40(16-14-39)31(41)21(2)33)37-32(36-29)42-19-23-10-6-12-38(23)3/h4-5,7-9,11,18,23H,2,6,10,12-16,19H2,1,3H3/t23-/m0/s1. The highest BCUT2D eigenvalue weighted by Crippen LogP contribution is 2.36. The maximum absolute atomic E-state index is 13.5. The van der Waals surface area contributed by atoms with Crippen LogP contribution in [0.4, 0.5) is 10.2 Å². The number of fused-ring (bicyclic) bond motifs is 2. The molecule has 0 bridgehead atoms. The molecule has 9 nitrogen and oxygen atoms in total. The van der Waals surface area contributed by atoms with E-state index in [1.165, 1.54) is 4.90 Å². The second kappa shape index (κ2) is 11.3. The highest BCUT2D eigenvalue weighted by Gasteiger charge is 2.28. The van der Waals surface area contributed by atoms with Crippen molar-refractivity contribution in [3.8, 4) is 23.3 Å². The molecule has 10 heteroatoms. The third-order valence-electron chi connectivity index (χ3n) is 8.36. The zero-order valence-corrected chi connectivity index (χ0v) is 23.8. The van der Waals surface area contributed by atoms with Crippen LogP contribution < -0.4 is 9.64 Å². The molecule has 2 aromatic heterocycles. The summed E-state index contributed by atoms with van der Waals surface area (Å²) in [6.07, 6.45) is 3.86. The molecule has 4 aromatic rings. The summed E-state index contributed by atoms with van der Waals surface area (Å²) in [5, 5.41) is 13.2. The van der Waals surface area contributed by atoms with E-state index in [4.69, 9.17) is 19.7 Å². The molecule has 0 spiro atoms. The SMILES string of the molecule is C=C(F)C(=O)N1CCN(c2nc(OC[C@@H]3CCCN3C)nc3c(C#N)c(-c4cccc5cccc(C)c45)ncc23)CC1. The van der Waals surface area contributed by atoms with Gasteiger partial charge in [-0.3, -0.25) is 9.78 Å². The Morgan fingerprint density at radius 1 is 1.14 bits per heavy atom. The lowest BCUT2D eigenvalue weighted by Gasteiger charge is -2.35. The molecular weight excluding hydrogens is 533 g/mol. The molecule has 0 radical (unpaired) electrons. The van der Waals surface area contributed by atoms with Gasteiger partial charge < -0.3 is 19.4 Å². The van der Waals surface area contributed by atoms with Crippen LogP contribution in [0.25, 0.3) is 32.9 Å². The van der Waals surface area contributed by atoms with Gasteiger partial charge in [-0.25, -0.2) is 4.39 Å². The largest absolute Gasteiger partial charge is 0.462 e. The molecule has 0 aliphatic carbocycles. The van der Waals surface area contributed by atoms with Crippen LogP contribution in [0.3, 0.4) is 0 Å². The third-order valence-corrected chi connectivity index (χ3v) is 8.36. The number of ether oxygens (including phenoxy) is 1. The molecule has 2 aliphatic heterocycles. The van der Waals surface area contributed by atoms with Gasteiger partial charge in [0, 0.05) is 44.0 Å². The fourth-order valence-electron chi connectivity index (χ4n) is 6.05. The monoisotopic (exact) mass is 565 g/mol. The third kappa shape index (κ3) is 5.01. The minimum atomic E-state index is -0.970. The quantitative estimate of drug-likeness (QED) is 0.312. The number of hydrogen-bond acceptors (Lipinski definition) is 8. The summed E-state index contributed by atoms with van der Waals surface area (Å²) in [4.78, 5) is 32.2. The topological polar surface area (TPSA) is 98.5 Å². The summed E-state index contributed by atoms with van der Waals surface area (Å²) in [5.41, 5.74) is 3.30. The summed E-state index contributed by atoms with van der Waals surface area (Å²) in [5.74, 6) is -1.09. The van der Waals surface area contributed by atoms with E-state index in [1.54, 1.807) is 6.20 Å². The molecule has 1 amide bonds. The first-order valence-corrected chi connectivity index (χ1v) is 14.2. The number of anilines is 1. The number of nitriles is 1. The van der Waals surface area contributed by atoms with E-state index < -0.39 is 11.7 Å². The van der Waals surface area contributed by atoms with Crippen molar-refractivity contribution in [3.63, 3.8) is 0 Å². The van der Waals surface area contributed by atoms with Crippen molar-refractivity contribution in [1.29, 1.82) is 5.26 Å². The van der Waals surface area contributed by atoms with Crippen molar-refractivity contribution in [2.75, 3.05) is 51.3 Å². The number of carbonyl (C=O) groups is 1. The van der Waals surface area contributed by atoms with Crippen LogP contribution in [-0.4, -0.2) is 83.1 Å². The molecule has 2 aliphatic rings. The molecule has 2 aromatic carbocycles. The van der Waals surface area contributed by atoms with E-state index in [2.05, 4.69) is 24.6 Å². The van der Waals surface area contributed by atoms with Crippen LogP contribution in [0.5, 0.6) is 6.01 Å². The number of hydrogen-bond donors (Lipinski definition) is 0. The van der Waals surface area contributed by atoms with Crippen molar-refractivity contribution in [2.45, 2.75) is 25.8 Å². The fraction of sp³-hybridized carbons (Fsp3) is 0.344. The molecule has 0 unspecified atom stereocenters. The summed E-state index contributed by atoms with van der Waals surface area (Å²) in [6, 6.07) is 14.9. The lowest BCUT2D eigenvalue weighted by Crippen LogP contribution is -2.49. The van der Waals surface area contributed by atoms with Gasteiger partial charge in [0.25, 0.3) is 5.91 Å². The average molecular weight is 566 g/mol. The Balaban J connectivity index is 1.46. The number of likely N-dealkylation sites (N-methyl/N-ethyl adjacent to an activating group) is 1. The molecular formula is C32H32FN7O2. The van der Waals surface area contributed by atoms with Gasteiger partial charge >= 0.3 is 6.01 Å². The van der Waals surface area contributed by atoms with Crippen LogP contribution in [0, 0.1) is 18.3 Å². The number of rotatable bonds is 6. The van der Waals surface area contributed by atoms with Crippen molar-refractivity contribution in [1.82, 2.24) is 24.8 Å². The van der Waals surface area contributed by atoms with Crippen LogP contribution in [0.1, 0.15) is 24.0 Å². The number of aryl methyl sites for hydroxylation is 1. The van der Waals surface area contributed by atoms with Crippen LogP contribution in [0.2, 0.25) is 0 Å². The number of amides is 1. The molecule has 6 rings (SSSR count). The minimum Gasteiger partial charge on any atom is -0.462 e. The summed E-state index contributed by atoms with van der Waals surface area (Å²) in [6.45, 7) is 8.10. The van der Waals surface area contributed by atoms with Gasteiger partial charge in [-0.05, 0) is 49.7 Å².